The van der Waals surface area contributed by atoms with Gasteiger partial charge in [0.1, 0.15) is 11.8 Å². The molecule has 0 fully saturated rings. The van der Waals surface area contributed by atoms with Gasteiger partial charge in [-0.05, 0) is 65.4 Å². The number of benzene rings is 2. The number of H-pyrrole nitrogens is 1. The second-order valence-corrected chi connectivity index (χ2v) is 10.6. The zero-order valence-electron chi connectivity index (χ0n) is 22.0. The van der Waals surface area contributed by atoms with E-state index >= 15 is 0 Å². The van der Waals surface area contributed by atoms with Crippen molar-refractivity contribution in [2.75, 3.05) is 6.54 Å². The van der Waals surface area contributed by atoms with Gasteiger partial charge >= 0.3 is 0 Å². The number of nitrogens with one attached hydrogen (secondary N) is 3. The summed E-state index contributed by atoms with van der Waals surface area (Å²) in [7, 11) is 0. The van der Waals surface area contributed by atoms with Crippen molar-refractivity contribution < 1.29 is 14.4 Å². The molecule has 2 heterocycles. The standard InChI is InChI=1S/C31H33BrN4O3/c1-21(37)10-4-2-7-15-28(36-30(38)23-18-24(32)20-33-19-23)31(39)34-17-16-26-25-13-8-9-14-27(25)35-29(26)22-11-5-3-6-12-22/h3,5-6,8-9,11-14,18-20,28,35H,2,4,7,10,15-17H2,1H3,(H,34,39)(H,36,38)/t28-/m0/s1. The first-order valence-corrected chi connectivity index (χ1v) is 14.0. The van der Waals surface area contributed by atoms with Crippen LogP contribution in [-0.2, 0) is 16.0 Å². The third-order valence-corrected chi connectivity index (χ3v) is 7.09. The predicted molar refractivity (Wildman–Crippen MR) is 157 cm³/mol. The molecule has 0 aliphatic carbocycles. The van der Waals surface area contributed by atoms with E-state index in [1.54, 1.807) is 19.2 Å². The zero-order valence-corrected chi connectivity index (χ0v) is 23.6. The average Bonchev–Trinajstić information content (AvgIpc) is 3.31. The fraction of sp³-hybridized carbons (Fsp3) is 0.290. The number of aromatic amines is 1. The number of pyridine rings is 1. The second kappa shape index (κ2) is 13.8. The highest BCUT2D eigenvalue weighted by Crippen LogP contribution is 2.30. The minimum Gasteiger partial charge on any atom is -0.354 e. The maximum absolute atomic E-state index is 13.3. The minimum absolute atomic E-state index is 0.159. The van der Waals surface area contributed by atoms with Gasteiger partial charge < -0.3 is 20.4 Å². The molecule has 1 atom stereocenters. The van der Waals surface area contributed by atoms with Gasteiger partial charge in [-0.3, -0.25) is 14.6 Å². The summed E-state index contributed by atoms with van der Waals surface area (Å²) in [5.41, 5.74) is 4.71. The number of halogens is 1. The van der Waals surface area contributed by atoms with Crippen LogP contribution in [0.5, 0.6) is 0 Å². The van der Waals surface area contributed by atoms with E-state index < -0.39 is 6.04 Å². The SMILES string of the molecule is CC(=O)CCCCC[C@H](NC(=O)c1cncc(Br)c1)C(=O)NCCc1c(-c2ccccc2)[nH]c2ccccc12. The molecule has 2 aromatic carbocycles. The van der Waals surface area contributed by atoms with Gasteiger partial charge in [-0.1, -0.05) is 61.4 Å². The first-order chi connectivity index (χ1) is 18.9. The van der Waals surface area contributed by atoms with E-state index in [1.165, 1.54) is 6.20 Å². The monoisotopic (exact) mass is 588 g/mol. The molecule has 3 N–H and O–H groups in total. The molecule has 7 nitrogen and oxygen atoms in total. The largest absolute Gasteiger partial charge is 0.354 e. The highest BCUT2D eigenvalue weighted by molar-refractivity contribution is 9.10. The van der Waals surface area contributed by atoms with E-state index in [0.717, 1.165) is 47.0 Å². The molecule has 39 heavy (non-hydrogen) atoms. The van der Waals surface area contributed by atoms with Crippen LogP contribution < -0.4 is 10.6 Å². The number of unbranched alkanes of at least 4 members (excludes halogenated alkanes) is 2. The summed E-state index contributed by atoms with van der Waals surface area (Å²) in [5, 5.41) is 7.06. The molecule has 0 saturated carbocycles. The Morgan fingerprint density at radius 1 is 0.974 bits per heavy atom. The third kappa shape index (κ3) is 7.86. The van der Waals surface area contributed by atoms with Gasteiger partial charge in [-0.25, -0.2) is 0 Å². The van der Waals surface area contributed by atoms with Crippen molar-refractivity contribution in [1.82, 2.24) is 20.6 Å². The number of aromatic nitrogens is 2. The Bertz CT molecular complexity index is 1430. The Labute approximate surface area is 236 Å². The Morgan fingerprint density at radius 3 is 2.51 bits per heavy atom. The smallest absolute Gasteiger partial charge is 0.253 e. The van der Waals surface area contributed by atoms with Crippen LogP contribution in [0.25, 0.3) is 22.2 Å². The lowest BCUT2D eigenvalue weighted by atomic mass is 10.0. The van der Waals surface area contributed by atoms with Crippen molar-refractivity contribution in [3.05, 3.63) is 88.7 Å². The van der Waals surface area contributed by atoms with Crippen LogP contribution in [-0.4, -0.2) is 40.2 Å². The van der Waals surface area contributed by atoms with E-state index in [2.05, 4.69) is 60.8 Å². The highest BCUT2D eigenvalue weighted by atomic mass is 79.9. The van der Waals surface area contributed by atoms with Gasteiger partial charge in [0.15, 0.2) is 0 Å². The minimum atomic E-state index is -0.689. The molecule has 2 amide bonds. The normalized spacial score (nSPS) is 11.7. The Morgan fingerprint density at radius 2 is 1.74 bits per heavy atom. The fourth-order valence-corrected chi connectivity index (χ4v) is 5.06. The lowest BCUT2D eigenvalue weighted by Crippen LogP contribution is -2.47. The van der Waals surface area contributed by atoms with Crippen molar-refractivity contribution in [2.24, 2.45) is 0 Å². The zero-order chi connectivity index (χ0) is 27.6. The van der Waals surface area contributed by atoms with Gasteiger partial charge in [0, 0.05) is 46.4 Å². The molecule has 0 aliphatic heterocycles. The summed E-state index contributed by atoms with van der Waals surface area (Å²) < 4.78 is 0.688. The molecule has 0 bridgehead atoms. The Hall–Kier alpha value is -3.78. The van der Waals surface area contributed by atoms with E-state index in [-0.39, 0.29) is 17.6 Å². The van der Waals surface area contributed by atoms with Crippen LogP contribution in [0.15, 0.2) is 77.5 Å². The van der Waals surface area contributed by atoms with Gasteiger partial charge in [0.2, 0.25) is 5.91 Å². The van der Waals surface area contributed by atoms with E-state index in [1.807, 2.05) is 30.3 Å². The summed E-state index contributed by atoms with van der Waals surface area (Å²) >= 11 is 3.34. The molecular formula is C31H33BrN4O3. The molecule has 0 radical (unpaired) electrons. The molecule has 202 valence electrons. The highest BCUT2D eigenvalue weighted by Gasteiger charge is 2.22. The lowest BCUT2D eigenvalue weighted by molar-refractivity contribution is -0.123. The van der Waals surface area contributed by atoms with Crippen LogP contribution in [0.3, 0.4) is 0 Å². The van der Waals surface area contributed by atoms with Crippen molar-refractivity contribution >= 4 is 44.4 Å². The number of carbonyl (C=O) groups is 3. The number of hydrogen-bond donors (Lipinski definition) is 3. The second-order valence-electron chi connectivity index (χ2n) is 9.65. The quantitative estimate of drug-likeness (QED) is 0.167. The van der Waals surface area contributed by atoms with Crippen LogP contribution in [0.2, 0.25) is 0 Å². The topological polar surface area (TPSA) is 104 Å². The van der Waals surface area contributed by atoms with Crippen LogP contribution >= 0.6 is 15.9 Å². The number of fused-ring (bicyclic) bond motifs is 1. The number of nitrogens with zero attached hydrogens (tertiary/aromatic N) is 1. The molecular weight excluding hydrogens is 556 g/mol. The molecule has 8 heteroatoms. The third-order valence-electron chi connectivity index (χ3n) is 6.66. The maximum atomic E-state index is 13.3. The van der Waals surface area contributed by atoms with Crippen LogP contribution in [0.1, 0.15) is 54.9 Å². The van der Waals surface area contributed by atoms with Crippen LogP contribution in [0.4, 0.5) is 0 Å². The number of hydrogen-bond acceptors (Lipinski definition) is 4. The molecule has 0 aliphatic rings. The van der Waals surface area contributed by atoms with Crippen LogP contribution in [0, 0.1) is 0 Å². The van der Waals surface area contributed by atoms with E-state index in [0.29, 0.717) is 35.8 Å². The Balaban J connectivity index is 1.44. The molecule has 4 aromatic rings. The number of Topliss-reactive ketones (excluding diaryl/α,β-unsaturated/α-hetero) is 1. The van der Waals surface area contributed by atoms with E-state index in [9.17, 15) is 14.4 Å². The van der Waals surface area contributed by atoms with Crippen molar-refractivity contribution in [3.63, 3.8) is 0 Å². The molecule has 0 saturated heterocycles. The summed E-state index contributed by atoms with van der Waals surface area (Å²) in [4.78, 5) is 45.0. The first-order valence-electron chi connectivity index (χ1n) is 13.3. The number of rotatable bonds is 13. The Kier molecular flexibility index (Phi) is 10.0. The van der Waals surface area contributed by atoms with Gasteiger partial charge in [0.25, 0.3) is 5.91 Å². The lowest BCUT2D eigenvalue weighted by Gasteiger charge is -2.19. The van der Waals surface area contributed by atoms with Gasteiger partial charge in [-0.15, -0.1) is 0 Å². The van der Waals surface area contributed by atoms with E-state index in [4.69, 9.17) is 0 Å². The van der Waals surface area contributed by atoms with Crippen molar-refractivity contribution in [3.8, 4) is 11.3 Å². The number of carbonyl (C=O) groups excluding carboxylic acids is 3. The summed E-state index contributed by atoms with van der Waals surface area (Å²) in [6, 6.07) is 19.3. The van der Waals surface area contributed by atoms with Crippen molar-refractivity contribution in [2.45, 2.75) is 51.5 Å². The summed E-state index contributed by atoms with van der Waals surface area (Å²) in [6.07, 6.45) is 7.04. The number of para-hydroxylation sites is 1. The molecule has 2 aromatic heterocycles. The average molecular weight is 590 g/mol. The summed E-state index contributed by atoms with van der Waals surface area (Å²) in [5.74, 6) is -0.415. The predicted octanol–water partition coefficient (Wildman–Crippen LogP) is 5.99. The number of amides is 2. The molecule has 0 unspecified atom stereocenters. The fourth-order valence-electron chi connectivity index (χ4n) is 4.69. The molecule has 0 spiro atoms. The molecule has 4 rings (SSSR count). The van der Waals surface area contributed by atoms with Gasteiger partial charge in [0.05, 0.1) is 5.56 Å². The van der Waals surface area contributed by atoms with Gasteiger partial charge in [-0.2, -0.15) is 0 Å². The van der Waals surface area contributed by atoms with Crippen molar-refractivity contribution in [1.29, 1.82) is 0 Å². The number of ketones is 1. The maximum Gasteiger partial charge on any atom is 0.253 e. The summed E-state index contributed by atoms with van der Waals surface area (Å²) in [6.45, 7) is 2.01. The first kappa shape index (κ1) is 28.2.